The van der Waals surface area contributed by atoms with Gasteiger partial charge in [0, 0.05) is 6.61 Å². The number of ether oxygens (including phenoxy) is 1. The zero-order valence-electron chi connectivity index (χ0n) is 8.77. The molecule has 1 fully saturated rings. The van der Waals surface area contributed by atoms with Crippen LogP contribution in [0.4, 0.5) is 0 Å². The summed E-state index contributed by atoms with van der Waals surface area (Å²) in [4.78, 5) is 28.0. The van der Waals surface area contributed by atoms with Crippen LogP contribution >= 0.6 is 22.9 Å². The van der Waals surface area contributed by atoms with Crippen LogP contribution in [0.25, 0.3) is 0 Å². The Kier molecular flexibility index (Phi) is 3.98. The van der Waals surface area contributed by atoms with E-state index in [1.807, 2.05) is 0 Å². The number of thiophene rings is 1. The van der Waals surface area contributed by atoms with Gasteiger partial charge in [-0.2, -0.15) is 5.48 Å². The number of carbonyl (C=O) groups excluding carboxylic acids is 2. The molecule has 1 aromatic rings. The van der Waals surface area contributed by atoms with Gasteiger partial charge in [-0.05, 0) is 18.6 Å². The average molecular weight is 276 g/mol. The van der Waals surface area contributed by atoms with Crippen LogP contribution in [0.15, 0.2) is 12.1 Å². The number of hydrogen-bond acceptors (Lipinski definition) is 5. The highest BCUT2D eigenvalue weighted by molar-refractivity contribution is 7.17. The summed E-state index contributed by atoms with van der Waals surface area (Å²) in [5.74, 6) is -1.24. The molecule has 1 aliphatic heterocycles. The maximum Gasteiger partial charge on any atom is 0.337 e. The van der Waals surface area contributed by atoms with Crippen LogP contribution in [-0.4, -0.2) is 25.1 Å². The first-order chi connectivity index (χ1) is 8.16. The molecule has 1 atom stereocenters. The van der Waals surface area contributed by atoms with Gasteiger partial charge in [-0.25, -0.2) is 4.79 Å². The fraction of sp³-hybridized carbons (Fsp3) is 0.400. The van der Waals surface area contributed by atoms with Crippen LogP contribution < -0.4 is 5.48 Å². The molecule has 0 spiro atoms. The van der Waals surface area contributed by atoms with E-state index in [-0.39, 0.29) is 5.92 Å². The second-order valence-corrected chi connectivity index (χ2v) is 5.23. The van der Waals surface area contributed by atoms with Crippen LogP contribution in [0.3, 0.4) is 0 Å². The third-order valence-corrected chi connectivity index (χ3v) is 3.53. The molecule has 1 aliphatic rings. The van der Waals surface area contributed by atoms with Crippen LogP contribution in [0, 0.1) is 5.92 Å². The van der Waals surface area contributed by atoms with Crippen molar-refractivity contribution in [1.82, 2.24) is 5.48 Å². The van der Waals surface area contributed by atoms with E-state index in [1.54, 1.807) is 12.1 Å². The van der Waals surface area contributed by atoms with Crippen LogP contribution in [0.2, 0.25) is 4.34 Å². The van der Waals surface area contributed by atoms with Gasteiger partial charge in [0.25, 0.3) is 5.91 Å². The predicted octanol–water partition coefficient (Wildman–Crippen LogP) is 1.63. The molecule has 1 N–H and O–H groups in total. The van der Waals surface area contributed by atoms with Gasteiger partial charge in [0.05, 0.1) is 21.7 Å². The maximum absolute atomic E-state index is 11.5. The van der Waals surface area contributed by atoms with E-state index in [1.165, 1.54) is 0 Å². The summed E-state index contributed by atoms with van der Waals surface area (Å²) in [7, 11) is 0. The van der Waals surface area contributed by atoms with Gasteiger partial charge in [0.1, 0.15) is 0 Å². The predicted molar refractivity (Wildman–Crippen MR) is 61.8 cm³/mol. The first-order valence-corrected chi connectivity index (χ1v) is 6.20. The molecule has 0 aromatic carbocycles. The van der Waals surface area contributed by atoms with Crippen molar-refractivity contribution < 1.29 is 19.2 Å². The summed E-state index contributed by atoms with van der Waals surface area (Å²) in [5.41, 5.74) is 2.10. The second kappa shape index (κ2) is 5.48. The lowest BCUT2D eigenvalue weighted by atomic mass is 10.1. The Labute approximate surface area is 107 Å². The first kappa shape index (κ1) is 12.3. The summed E-state index contributed by atoms with van der Waals surface area (Å²) in [6.07, 6.45) is 0.625. The highest BCUT2D eigenvalue weighted by atomic mass is 35.5. The molecule has 17 heavy (non-hydrogen) atoms. The number of hydrogen-bond donors (Lipinski definition) is 1. The Bertz CT molecular complexity index is 428. The first-order valence-electron chi connectivity index (χ1n) is 5.01. The number of carbonyl (C=O) groups is 2. The second-order valence-electron chi connectivity index (χ2n) is 3.52. The van der Waals surface area contributed by atoms with Crippen LogP contribution in [-0.2, 0) is 14.4 Å². The van der Waals surface area contributed by atoms with E-state index in [9.17, 15) is 9.59 Å². The Morgan fingerprint density at radius 2 is 2.35 bits per heavy atom. The van der Waals surface area contributed by atoms with Crippen molar-refractivity contribution in [3.63, 3.8) is 0 Å². The van der Waals surface area contributed by atoms with E-state index in [2.05, 4.69) is 5.48 Å². The average Bonchev–Trinajstić information content (AvgIpc) is 2.95. The van der Waals surface area contributed by atoms with Gasteiger partial charge in [0.2, 0.25) is 0 Å². The van der Waals surface area contributed by atoms with Crippen molar-refractivity contribution in [1.29, 1.82) is 0 Å². The lowest BCUT2D eigenvalue weighted by molar-refractivity contribution is -0.153. The minimum atomic E-state index is -0.478. The van der Waals surface area contributed by atoms with E-state index in [0.29, 0.717) is 28.8 Å². The molecule has 7 heteroatoms. The summed E-state index contributed by atoms with van der Waals surface area (Å²) < 4.78 is 5.55. The normalized spacial score (nSPS) is 19.0. The van der Waals surface area contributed by atoms with Crippen molar-refractivity contribution in [2.75, 3.05) is 13.2 Å². The van der Waals surface area contributed by atoms with Crippen LogP contribution in [0.5, 0.6) is 0 Å². The molecule has 1 amide bonds. The molecule has 1 aromatic heterocycles. The topological polar surface area (TPSA) is 64.6 Å². The Morgan fingerprint density at radius 3 is 2.94 bits per heavy atom. The quantitative estimate of drug-likeness (QED) is 0.833. The number of halogens is 1. The largest absolute Gasteiger partial charge is 0.381 e. The third-order valence-electron chi connectivity index (χ3n) is 2.30. The van der Waals surface area contributed by atoms with Gasteiger partial charge in [-0.1, -0.05) is 11.6 Å². The van der Waals surface area contributed by atoms with Gasteiger partial charge in [0.15, 0.2) is 0 Å². The summed E-state index contributed by atoms with van der Waals surface area (Å²) in [6.45, 7) is 0.897. The van der Waals surface area contributed by atoms with Crippen molar-refractivity contribution in [3.8, 4) is 0 Å². The molecule has 0 radical (unpaired) electrons. The smallest absolute Gasteiger partial charge is 0.337 e. The Morgan fingerprint density at radius 1 is 1.53 bits per heavy atom. The minimum Gasteiger partial charge on any atom is -0.381 e. The SMILES string of the molecule is O=C(NOC(=O)C1CCOC1)c1ccc(Cl)s1. The van der Waals surface area contributed by atoms with Gasteiger partial charge >= 0.3 is 5.97 Å². The van der Waals surface area contributed by atoms with E-state index >= 15 is 0 Å². The molecule has 92 valence electrons. The Hall–Kier alpha value is -1.11. The van der Waals surface area contributed by atoms with E-state index < -0.39 is 11.9 Å². The monoisotopic (exact) mass is 275 g/mol. The van der Waals surface area contributed by atoms with E-state index in [4.69, 9.17) is 21.2 Å². The molecule has 1 saturated heterocycles. The van der Waals surface area contributed by atoms with Crippen molar-refractivity contribution in [2.24, 2.45) is 5.92 Å². The van der Waals surface area contributed by atoms with Gasteiger partial charge in [-0.15, -0.1) is 11.3 Å². The number of nitrogens with one attached hydrogen (secondary N) is 1. The molecular formula is C10H10ClNO4S. The number of hydroxylamine groups is 1. The minimum absolute atomic E-state index is 0.290. The summed E-state index contributed by atoms with van der Waals surface area (Å²) in [6, 6.07) is 3.17. The third kappa shape index (κ3) is 3.18. The lowest BCUT2D eigenvalue weighted by Crippen LogP contribution is -2.30. The summed E-state index contributed by atoms with van der Waals surface area (Å²) in [5, 5.41) is 0. The summed E-state index contributed by atoms with van der Waals surface area (Å²) >= 11 is 6.80. The standard InChI is InChI=1S/C10H10ClNO4S/c11-8-2-1-7(17-8)9(13)12-16-10(14)6-3-4-15-5-6/h1-2,6H,3-5H2,(H,12,13). The van der Waals surface area contributed by atoms with Gasteiger partial charge < -0.3 is 9.57 Å². The maximum atomic E-state index is 11.5. The van der Waals surface area contributed by atoms with Gasteiger partial charge in [-0.3, -0.25) is 4.79 Å². The fourth-order valence-corrected chi connectivity index (χ4v) is 2.32. The molecule has 1 unspecified atom stereocenters. The lowest BCUT2D eigenvalue weighted by Gasteiger charge is -2.07. The van der Waals surface area contributed by atoms with E-state index in [0.717, 1.165) is 11.3 Å². The molecular weight excluding hydrogens is 266 g/mol. The van der Waals surface area contributed by atoms with Crippen molar-refractivity contribution in [3.05, 3.63) is 21.3 Å². The van der Waals surface area contributed by atoms with Crippen molar-refractivity contribution in [2.45, 2.75) is 6.42 Å². The van der Waals surface area contributed by atoms with Crippen LogP contribution in [0.1, 0.15) is 16.1 Å². The molecule has 0 bridgehead atoms. The zero-order chi connectivity index (χ0) is 12.3. The zero-order valence-corrected chi connectivity index (χ0v) is 10.3. The highest BCUT2D eigenvalue weighted by Crippen LogP contribution is 2.21. The number of rotatable bonds is 2. The fourth-order valence-electron chi connectivity index (χ4n) is 1.39. The molecule has 2 heterocycles. The molecule has 0 aliphatic carbocycles. The Balaban J connectivity index is 1.81. The van der Waals surface area contributed by atoms with Crippen molar-refractivity contribution >= 4 is 34.8 Å². The molecule has 5 nitrogen and oxygen atoms in total. The molecule has 2 rings (SSSR count). The highest BCUT2D eigenvalue weighted by Gasteiger charge is 2.26. The number of amides is 1. The molecule has 0 saturated carbocycles.